The fraction of sp³-hybridized carbons (Fsp3) is 0.536. The van der Waals surface area contributed by atoms with Crippen molar-refractivity contribution < 1.29 is 29.7 Å². The second-order valence-corrected chi connectivity index (χ2v) is 11.0. The summed E-state index contributed by atoms with van der Waals surface area (Å²) in [5, 5.41) is 37.6. The van der Waals surface area contributed by atoms with Gasteiger partial charge < -0.3 is 20.6 Å². The average Bonchev–Trinajstić information content (AvgIpc) is 3.10. The van der Waals surface area contributed by atoms with Crippen LogP contribution in [0.3, 0.4) is 0 Å². The fourth-order valence-corrected chi connectivity index (χ4v) is 7.52. The summed E-state index contributed by atoms with van der Waals surface area (Å²) in [5.41, 5.74) is -1.01. The molecule has 7 heteroatoms. The lowest BCUT2D eigenvalue weighted by molar-refractivity contribution is -0.203. The molecule has 2 fully saturated rings. The zero-order valence-corrected chi connectivity index (χ0v) is 20.5. The molecule has 5 rings (SSSR count). The third kappa shape index (κ3) is 2.98. The van der Waals surface area contributed by atoms with E-state index in [1.165, 1.54) is 6.92 Å². The second kappa shape index (κ2) is 7.95. The highest BCUT2D eigenvalue weighted by atomic mass is 16.4. The van der Waals surface area contributed by atoms with Gasteiger partial charge in [0.2, 0.25) is 5.91 Å². The number of carbonyl (C=O) groups is 3. The van der Waals surface area contributed by atoms with E-state index in [1.54, 1.807) is 19.9 Å². The molecule has 0 aromatic heterocycles. The highest BCUT2D eigenvalue weighted by Gasteiger charge is 2.71. The van der Waals surface area contributed by atoms with Gasteiger partial charge in [0.25, 0.3) is 0 Å². The van der Waals surface area contributed by atoms with Gasteiger partial charge in [-0.15, -0.1) is 0 Å². The van der Waals surface area contributed by atoms with Crippen LogP contribution in [-0.2, 0) is 20.8 Å². The zero-order chi connectivity index (χ0) is 25.4. The number of benzene rings is 1. The number of aliphatic hydroxyl groups is 3. The van der Waals surface area contributed by atoms with Gasteiger partial charge in [-0.3, -0.25) is 14.4 Å². The Balaban J connectivity index is 1.68. The molecule has 1 saturated carbocycles. The average molecular weight is 480 g/mol. The lowest BCUT2D eigenvalue weighted by atomic mass is 9.48. The lowest BCUT2D eigenvalue weighted by Gasteiger charge is -2.56. The van der Waals surface area contributed by atoms with Crippen molar-refractivity contribution in [3.63, 3.8) is 0 Å². The predicted molar refractivity (Wildman–Crippen MR) is 128 cm³/mol. The van der Waals surface area contributed by atoms with Crippen LogP contribution in [-0.4, -0.2) is 56.6 Å². The SMILES string of the molecule is CC(=O)C1(O)C(C)CC2C=C3C(=O)C(C)=C(C)C4C(Cc5ccccc5)NC(=O)C34C(O)C2C1O. The van der Waals surface area contributed by atoms with Gasteiger partial charge in [0.05, 0.1) is 12.2 Å². The molecule has 1 spiro atoms. The van der Waals surface area contributed by atoms with Crippen LogP contribution in [0, 0.1) is 29.1 Å². The summed E-state index contributed by atoms with van der Waals surface area (Å²) >= 11 is 0. The van der Waals surface area contributed by atoms with E-state index in [4.69, 9.17) is 0 Å². The maximum Gasteiger partial charge on any atom is 0.234 e. The van der Waals surface area contributed by atoms with Gasteiger partial charge in [-0.1, -0.05) is 48.9 Å². The van der Waals surface area contributed by atoms with Crippen LogP contribution >= 0.6 is 0 Å². The molecule has 3 aliphatic carbocycles. The summed E-state index contributed by atoms with van der Waals surface area (Å²) in [5.74, 6) is -3.79. The Labute approximate surface area is 204 Å². The van der Waals surface area contributed by atoms with Crippen LogP contribution in [0.15, 0.2) is 53.1 Å². The highest BCUT2D eigenvalue weighted by molar-refractivity contribution is 6.16. The number of amides is 1. The van der Waals surface area contributed by atoms with Crippen LogP contribution < -0.4 is 5.32 Å². The molecule has 186 valence electrons. The van der Waals surface area contributed by atoms with Crippen LogP contribution in [0.2, 0.25) is 0 Å². The molecule has 9 unspecified atom stereocenters. The highest BCUT2D eigenvalue weighted by Crippen LogP contribution is 2.61. The van der Waals surface area contributed by atoms with E-state index in [0.717, 1.165) is 11.1 Å². The van der Waals surface area contributed by atoms with Crippen LogP contribution in [0.25, 0.3) is 0 Å². The number of Topliss-reactive ketones (excluding diaryl/α,β-unsaturated/α-hetero) is 2. The van der Waals surface area contributed by atoms with Crippen molar-refractivity contribution in [1.82, 2.24) is 5.32 Å². The summed E-state index contributed by atoms with van der Waals surface area (Å²) in [4.78, 5) is 39.8. The van der Waals surface area contributed by atoms with E-state index in [-0.39, 0.29) is 17.4 Å². The number of rotatable bonds is 3. The van der Waals surface area contributed by atoms with Crippen LogP contribution in [0.5, 0.6) is 0 Å². The van der Waals surface area contributed by atoms with E-state index in [2.05, 4.69) is 5.32 Å². The normalized spacial score (nSPS) is 42.6. The molecule has 1 aromatic rings. The third-order valence-electron chi connectivity index (χ3n) is 9.44. The quantitative estimate of drug-likeness (QED) is 0.521. The molecular formula is C28H33NO6. The first-order valence-corrected chi connectivity index (χ1v) is 12.4. The Morgan fingerprint density at radius 2 is 1.77 bits per heavy atom. The Morgan fingerprint density at radius 1 is 1.11 bits per heavy atom. The number of hydrogen-bond acceptors (Lipinski definition) is 6. The minimum absolute atomic E-state index is 0.263. The molecular weight excluding hydrogens is 446 g/mol. The Kier molecular flexibility index (Phi) is 5.47. The fourth-order valence-electron chi connectivity index (χ4n) is 7.52. The monoisotopic (exact) mass is 479 g/mol. The smallest absolute Gasteiger partial charge is 0.234 e. The minimum atomic E-state index is -2.03. The number of allylic oxidation sites excluding steroid dienone is 2. The standard InChI is InChI=1S/C28H33NO6/c1-13-10-18-12-19-23(31)15(3)14(2)22-20(11-17-8-6-5-7-9-17)29-26(34)27(19,22)24(32)21(18)25(33)28(13,35)16(4)30/h5-9,12-13,18,20-22,24-25,32-33,35H,10-11H2,1-4H3,(H,29,34). The van der Waals surface area contributed by atoms with E-state index < -0.39 is 58.6 Å². The second-order valence-electron chi connectivity index (χ2n) is 11.0. The number of ketones is 2. The van der Waals surface area contributed by atoms with Gasteiger partial charge in [-0.25, -0.2) is 0 Å². The molecule has 1 heterocycles. The number of nitrogens with one attached hydrogen (secondary N) is 1. The van der Waals surface area contributed by atoms with Crippen molar-refractivity contribution in [2.75, 3.05) is 0 Å². The Bertz CT molecular complexity index is 1170. The van der Waals surface area contributed by atoms with Crippen molar-refractivity contribution in [3.05, 3.63) is 58.7 Å². The van der Waals surface area contributed by atoms with E-state index in [0.29, 0.717) is 18.4 Å². The van der Waals surface area contributed by atoms with Crippen molar-refractivity contribution in [2.24, 2.45) is 29.1 Å². The summed E-state index contributed by atoms with van der Waals surface area (Å²) in [7, 11) is 0. The first-order valence-electron chi connectivity index (χ1n) is 12.4. The molecule has 4 N–H and O–H groups in total. The Hall–Kier alpha value is -2.61. The van der Waals surface area contributed by atoms with Gasteiger partial charge in [-0.2, -0.15) is 0 Å². The number of fused-ring (bicyclic) bond motifs is 1. The maximum atomic E-state index is 13.8. The van der Waals surface area contributed by atoms with E-state index >= 15 is 0 Å². The van der Waals surface area contributed by atoms with Gasteiger partial charge in [0, 0.05) is 23.5 Å². The molecule has 35 heavy (non-hydrogen) atoms. The minimum Gasteiger partial charge on any atom is -0.391 e. The summed E-state index contributed by atoms with van der Waals surface area (Å²) < 4.78 is 0. The molecule has 1 aliphatic heterocycles. The molecule has 4 aliphatic rings. The van der Waals surface area contributed by atoms with Crippen LogP contribution in [0.1, 0.15) is 39.7 Å². The first kappa shape index (κ1) is 24.1. The van der Waals surface area contributed by atoms with Crippen molar-refractivity contribution >= 4 is 17.5 Å². The van der Waals surface area contributed by atoms with E-state index in [9.17, 15) is 29.7 Å². The van der Waals surface area contributed by atoms with Gasteiger partial charge in [-0.05, 0) is 56.6 Å². The van der Waals surface area contributed by atoms with Crippen molar-refractivity contribution in [3.8, 4) is 0 Å². The summed E-state index contributed by atoms with van der Waals surface area (Å²) in [6.07, 6.45) is -0.447. The first-order chi connectivity index (χ1) is 16.5. The summed E-state index contributed by atoms with van der Waals surface area (Å²) in [6.45, 7) is 6.51. The summed E-state index contributed by atoms with van der Waals surface area (Å²) in [6, 6.07) is 9.34. The number of aliphatic hydroxyl groups excluding tert-OH is 2. The number of carbonyl (C=O) groups excluding carboxylic acids is 3. The largest absolute Gasteiger partial charge is 0.391 e. The molecule has 9 atom stereocenters. The molecule has 1 amide bonds. The maximum absolute atomic E-state index is 13.8. The molecule has 1 aromatic carbocycles. The molecule has 0 radical (unpaired) electrons. The Morgan fingerprint density at radius 3 is 2.40 bits per heavy atom. The van der Waals surface area contributed by atoms with Gasteiger partial charge >= 0.3 is 0 Å². The van der Waals surface area contributed by atoms with Crippen LogP contribution in [0.4, 0.5) is 0 Å². The van der Waals surface area contributed by atoms with Crippen molar-refractivity contribution in [2.45, 2.75) is 64.4 Å². The van der Waals surface area contributed by atoms with E-state index in [1.807, 2.05) is 37.3 Å². The topological polar surface area (TPSA) is 124 Å². The molecule has 7 nitrogen and oxygen atoms in total. The predicted octanol–water partition coefficient (Wildman–Crippen LogP) is 1.50. The zero-order valence-electron chi connectivity index (χ0n) is 20.5. The lowest BCUT2D eigenvalue weighted by Crippen LogP contribution is -2.68. The number of hydrogen-bond donors (Lipinski definition) is 4. The third-order valence-corrected chi connectivity index (χ3v) is 9.44. The molecule has 1 saturated heterocycles. The van der Waals surface area contributed by atoms with Gasteiger partial charge in [0.15, 0.2) is 17.2 Å². The van der Waals surface area contributed by atoms with Crippen molar-refractivity contribution in [1.29, 1.82) is 0 Å². The van der Waals surface area contributed by atoms with Gasteiger partial charge in [0.1, 0.15) is 5.41 Å². The molecule has 0 bridgehead atoms.